The van der Waals surface area contributed by atoms with Crippen LogP contribution in [0, 0.1) is 0 Å². The predicted molar refractivity (Wildman–Crippen MR) is 316 cm³/mol. The highest BCUT2D eigenvalue weighted by Gasteiger charge is 2.19. The Morgan fingerprint density at radius 3 is 0.836 bits per heavy atom. The van der Waals surface area contributed by atoms with Gasteiger partial charge in [-0.15, -0.1) is 0 Å². The van der Waals surface area contributed by atoms with E-state index in [-0.39, 0.29) is 31.1 Å². The number of carbonyl (C=O) groups is 3. The number of allylic oxidation sites excluding steroid dienone is 10. The number of esters is 3. The Balaban J connectivity index is 4.17. The minimum atomic E-state index is -0.769. The van der Waals surface area contributed by atoms with Gasteiger partial charge in [-0.05, 0) is 64.2 Å². The number of hydrogen-bond acceptors (Lipinski definition) is 6. The molecule has 0 saturated heterocycles. The molecule has 0 spiro atoms. The second kappa shape index (κ2) is 61.7. The maximum absolute atomic E-state index is 12.9. The molecule has 0 aromatic heterocycles. The summed E-state index contributed by atoms with van der Waals surface area (Å²) < 4.78 is 16.9. The highest BCUT2D eigenvalue weighted by Crippen LogP contribution is 2.17. The Bertz CT molecular complexity index is 1310. The van der Waals surface area contributed by atoms with E-state index in [4.69, 9.17) is 14.2 Å². The van der Waals surface area contributed by atoms with Crippen LogP contribution >= 0.6 is 0 Å². The minimum absolute atomic E-state index is 0.0682. The van der Waals surface area contributed by atoms with Gasteiger partial charge in [-0.2, -0.15) is 0 Å². The second-order valence-electron chi connectivity index (χ2n) is 21.3. The molecule has 0 saturated carbocycles. The molecule has 0 aliphatic heterocycles. The summed E-state index contributed by atoms with van der Waals surface area (Å²) in [4.78, 5) is 38.2. The lowest BCUT2D eigenvalue weighted by Gasteiger charge is -2.18. The minimum Gasteiger partial charge on any atom is -0.462 e. The summed E-state index contributed by atoms with van der Waals surface area (Å²) >= 11 is 0. The summed E-state index contributed by atoms with van der Waals surface area (Å²) in [6.07, 6.45) is 78.0. The molecule has 0 heterocycles. The first kappa shape index (κ1) is 70.1. The number of carbonyl (C=O) groups excluding carboxylic acids is 3. The van der Waals surface area contributed by atoms with Gasteiger partial charge < -0.3 is 14.2 Å². The van der Waals surface area contributed by atoms with Gasteiger partial charge in [0.2, 0.25) is 0 Å². The summed E-state index contributed by atoms with van der Waals surface area (Å²) in [6.45, 7) is 6.56. The molecule has 6 nitrogen and oxygen atoms in total. The van der Waals surface area contributed by atoms with E-state index < -0.39 is 6.10 Å². The van der Waals surface area contributed by atoms with E-state index in [0.29, 0.717) is 19.3 Å². The van der Waals surface area contributed by atoms with Crippen molar-refractivity contribution in [1.82, 2.24) is 0 Å². The molecule has 0 N–H and O–H groups in total. The number of hydrogen-bond donors (Lipinski definition) is 0. The molecule has 1 unspecified atom stereocenters. The fourth-order valence-corrected chi connectivity index (χ4v) is 9.30. The number of rotatable bonds is 58. The Morgan fingerprint density at radius 2 is 0.534 bits per heavy atom. The summed E-state index contributed by atoms with van der Waals surface area (Å²) in [7, 11) is 0. The number of ether oxygens (including phenoxy) is 3. The van der Waals surface area contributed by atoms with Gasteiger partial charge in [0.1, 0.15) is 13.2 Å². The molecule has 6 heteroatoms. The number of unbranched alkanes of at least 4 members (excludes halogenated alkanes) is 37. The van der Waals surface area contributed by atoms with E-state index in [2.05, 4.69) is 81.5 Å². The van der Waals surface area contributed by atoms with Gasteiger partial charge in [-0.1, -0.05) is 306 Å². The van der Waals surface area contributed by atoms with Crippen molar-refractivity contribution in [3.05, 3.63) is 60.8 Å². The van der Waals surface area contributed by atoms with Gasteiger partial charge in [0.15, 0.2) is 6.10 Å². The smallest absolute Gasteiger partial charge is 0.306 e. The van der Waals surface area contributed by atoms with Gasteiger partial charge in [0.25, 0.3) is 0 Å². The van der Waals surface area contributed by atoms with Crippen molar-refractivity contribution in [2.24, 2.45) is 0 Å². The molecule has 0 bridgehead atoms. The van der Waals surface area contributed by atoms with Crippen LogP contribution in [-0.2, 0) is 28.6 Å². The standard InChI is InChI=1S/C67H120O6/c1-4-7-10-13-16-19-22-25-27-28-29-30-31-32-33-34-35-36-37-38-39-40-41-43-45-48-51-54-57-60-66(69)72-63-64(62-71-65(68)59-56-53-50-47-44-24-21-18-15-12-9-6-3)73-67(70)61-58-55-52-49-46-42-26-23-20-17-14-11-8-5-2/h7,10,16,19,25,27,29-30,32-33,64H,4-6,8-9,11-15,17-18,20-24,26,28,31,34-63H2,1-3H3/b10-7-,19-16-,27-25-,30-29-,33-32-. The lowest BCUT2D eigenvalue weighted by molar-refractivity contribution is -0.167. The lowest BCUT2D eigenvalue weighted by Crippen LogP contribution is -2.30. The molecule has 0 amide bonds. The first-order valence-electron chi connectivity index (χ1n) is 31.8. The quantitative estimate of drug-likeness (QED) is 0.0261. The topological polar surface area (TPSA) is 78.9 Å². The average molecular weight is 1020 g/mol. The molecule has 0 aliphatic carbocycles. The molecule has 0 fully saturated rings. The summed E-state index contributed by atoms with van der Waals surface area (Å²) in [5.41, 5.74) is 0. The molecule has 0 aliphatic rings. The van der Waals surface area contributed by atoms with E-state index in [1.165, 1.54) is 199 Å². The second-order valence-corrected chi connectivity index (χ2v) is 21.3. The van der Waals surface area contributed by atoms with Crippen molar-refractivity contribution in [2.75, 3.05) is 13.2 Å². The lowest BCUT2D eigenvalue weighted by atomic mass is 10.0. The zero-order chi connectivity index (χ0) is 52.9. The van der Waals surface area contributed by atoms with E-state index in [1.807, 2.05) is 0 Å². The Hall–Kier alpha value is -2.89. The van der Waals surface area contributed by atoms with Crippen molar-refractivity contribution in [2.45, 2.75) is 335 Å². The van der Waals surface area contributed by atoms with Crippen molar-refractivity contribution in [3.63, 3.8) is 0 Å². The van der Waals surface area contributed by atoms with E-state index in [1.54, 1.807) is 0 Å². The summed E-state index contributed by atoms with van der Waals surface area (Å²) in [5.74, 6) is -0.850. The molecule has 424 valence electrons. The van der Waals surface area contributed by atoms with E-state index in [9.17, 15) is 14.4 Å². The molecule has 0 aromatic rings. The van der Waals surface area contributed by atoms with Crippen molar-refractivity contribution >= 4 is 17.9 Å². The van der Waals surface area contributed by atoms with E-state index >= 15 is 0 Å². The molecule has 1 atom stereocenters. The molecular formula is C67H120O6. The van der Waals surface area contributed by atoms with Crippen LogP contribution in [0.5, 0.6) is 0 Å². The zero-order valence-electron chi connectivity index (χ0n) is 48.7. The van der Waals surface area contributed by atoms with Gasteiger partial charge >= 0.3 is 17.9 Å². The van der Waals surface area contributed by atoms with Crippen LogP contribution < -0.4 is 0 Å². The fourth-order valence-electron chi connectivity index (χ4n) is 9.30. The third kappa shape index (κ3) is 59.9. The van der Waals surface area contributed by atoms with Gasteiger partial charge in [-0.3, -0.25) is 14.4 Å². The first-order chi connectivity index (χ1) is 36.0. The Morgan fingerprint density at radius 1 is 0.288 bits per heavy atom. The fraction of sp³-hybridized carbons (Fsp3) is 0.806. The van der Waals surface area contributed by atoms with Gasteiger partial charge in [-0.25, -0.2) is 0 Å². The van der Waals surface area contributed by atoms with E-state index in [0.717, 1.165) is 89.9 Å². The zero-order valence-corrected chi connectivity index (χ0v) is 48.7. The van der Waals surface area contributed by atoms with Crippen LogP contribution in [0.2, 0.25) is 0 Å². The third-order valence-electron chi connectivity index (χ3n) is 14.0. The first-order valence-corrected chi connectivity index (χ1v) is 31.8. The summed E-state index contributed by atoms with van der Waals surface area (Å²) in [5, 5.41) is 0. The average Bonchev–Trinajstić information content (AvgIpc) is 3.39. The molecule has 0 rings (SSSR count). The maximum atomic E-state index is 12.9. The SMILES string of the molecule is CC/C=C\C/C=C\C/C=C\C/C=C\C/C=C\CCCCCCCCCCCCCCCC(=O)OCC(COC(=O)CCCCCCCCCCCCCC)OC(=O)CCCCCCCCCCCCCCCC. The monoisotopic (exact) mass is 1020 g/mol. The van der Waals surface area contributed by atoms with Crippen LogP contribution in [0.4, 0.5) is 0 Å². The van der Waals surface area contributed by atoms with Crippen LogP contribution in [0.3, 0.4) is 0 Å². The summed E-state index contributed by atoms with van der Waals surface area (Å²) in [6, 6.07) is 0. The van der Waals surface area contributed by atoms with Crippen molar-refractivity contribution < 1.29 is 28.6 Å². The maximum Gasteiger partial charge on any atom is 0.306 e. The Kier molecular flexibility index (Phi) is 59.2. The molecule has 0 aromatic carbocycles. The van der Waals surface area contributed by atoms with Crippen LogP contribution in [0.15, 0.2) is 60.8 Å². The van der Waals surface area contributed by atoms with Crippen molar-refractivity contribution in [1.29, 1.82) is 0 Å². The highest BCUT2D eigenvalue weighted by molar-refractivity contribution is 5.71. The highest BCUT2D eigenvalue weighted by atomic mass is 16.6. The van der Waals surface area contributed by atoms with Crippen LogP contribution in [-0.4, -0.2) is 37.2 Å². The van der Waals surface area contributed by atoms with Gasteiger partial charge in [0, 0.05) is 19.3 Å². The predicted octanol–water partition coefficient (Wildman–Crippen LogP) is 21.6. The molecule has 73 heavy (non-hydrogen) atoms. The Labute approximate surface area is 453 Å². The molecular weight excluding hydrogens is 901 g/mol. The van der Waals surface area contributed by atoms with Crippen LogP contribution in [0.25, 0.3) is 0 Å². The normalized spacial score (nSPS) is 12.4. The third-order valence-corrected chi connectivity index (χ3v) is 14.0. The van der Waals surface area contributed by atoms with Crippen molar-refractivity contribution in [3.8, 4) is 0 Å². The van der Waals surface area contributed by atoms with Gasteiger partial charge in [0.05, 0.1) is 0 Å². The largest absolute Gasteiger partial charge is 0.462 e. The van der Waals surface area contributed by atoms with Crippen LogP contribution in [0.1, 0.15) is 329 Å². The molecule has 0 radical (unpaired) electrons.